The number of para-hydroxylation sites is 3. The van der Waals surface area contributed by atoms with E-state index < -0.39 is 5.41 Å². The Morgan fingerprint density at radius 1 is 0.317 bits per heavy atom. The van der Waals surface area contributed by atoms with Gasteiger partial charge in [0.2, 0.25) is 0 Å². The normalized spacial score (nSPS) is 12.6. The molecule has 296 valence electrons. The average molecular weight is 803 g/mol. The highest BCUT2D eigenvalue weighted by Crippen LogP contribution is 2.57. The minimum atomic E-state index is -0.513. The molecule has 12 rings (SSSR count). The van der Waals surface area contributed by atoms with Crippen LogP contribution < -0.4 is 4.90 Å². The Morgan fingerprint density at radius 2 is 0.857 bits per heavy atom. The second-order valence-corrected chi connectivity index (χ2v) is 16.4. The predicted molar refractivity (Wildman–Crippen MR) is 264 cm³/mol. The van der Waals surface area contributed by atoms with Gasteiger partial charge in [0, 0.05) is 33.4 Å². The van der Waals surface area contributed by atoms with Gasteiger partial charge >= 0.3 is 0 Å². The van der Waals surface area contributed by atoms with Gasteiger partial charge in [-0.2, -0.15) is 0 Å². The molecule has 0 N–H and O–H groups in total. The summed E-state index contributed by atoms with van der Waals surface area (Å²) in [5.74, 6) is 0. The van der Waals surface area contributed by atoms with Crippen LogP contribution in [0, 0.1) is 0 Å². The van der Waals surface area contributed by atoms with Crippen LogP contribution in [0.2, 0.25) is 0 Å². The van der Waals surface area contributed by atoms with Crippen LogP contribution in [0.25, 0.3) is 60.9 Å². The van der Waals surface area contributed by atoms with E-state index >= 15 is 0 Å². The summed E-state index contributed by atoms with van der Waals surface area (Å²) in [4.78, 5) is 2.45. The molecule has 1 aliphatic carbocycles. The Bertz CT molecular complexity index is 3380. The summed E-state index contributed by atoms with van der Waals surface area (Å²) in [6.07, 6.45) is 0. The first-order valence-electron chi connectivity index (χ1n) is 21.8. The molecule has 0 radical (unpaired) electrons. The molecule has 1 heterocycles. The fraction of sp³-hybridized carbons (Fsp3) is 0.0164. The number of fused-ring (bicyclic) bond motifs is 6. The van der Waals surface area contributed by atoms with Crippen LogP contribution in [0.3, 0.4) is 0 Å². The molecule has 0 bridgehead atoms. The molecule has 10 aromatic carbocycles. The number of hydrogen-bond acceptors (Lipinski definition) is 1. The van der Waals surface area contributed by atoms with Crippen LogP contribution >= 0.6 is 0 Å². The standard InChI is InChI=1S/C61H42N2/c1-5-19-44(20-6-1)51-27-14-17-31-58(51)62(49-36-33-43(34-37-49)45-35-40-60-55(41-45)54-29-15-18-32-59(54)63(60)48-25-11-4-12-26-48)50-38-39-53-52-28-13-16-30-56(52)61(57(53)42-50,46-21-7-2-8-22-46)47-23-9-3-10-24-47/h1-42H. The van der Waals surface area contributed by atoms with Gasteiger partial charge in [-0.15, -0.1) is 0 Å². The van der Waals surface area contributed by atoms with E-state index in [1.807, 2.05) is 0 Å². The van der Waals surface area contributed by atoms with Crippen LogP contribution in [-0.2, 0) is 5.41 Å². The van der Waals surface area contributed by atoms with Gasteiger partial charge in [-0.05, 0) is 111 Å². The molecule has 0 fully saturated rings. The lowest BCUT2D eigenvalue weighted by Gasteiger charge is -2.35. The molecule has 0 atom stereocenters. The van der Waals surface area contributed by atoms with Gasteiger partial charge in [-0.1, -0.05) is 194 Å². The van der Waals surface area contributed by atoms with E-state index in [4.69, 9.17) is 0 Å². The minimum Gasteiger partial charge on any atom is -0.310 e. The Kier molecular flexibility index (Phi) is 8.76. The molecule has 0 spiro atoms. The molecule has 0 aliphatic heterocycles. The Labute approximate surface area is 368 Å². The third kappa shape index (κ3) is 5.87. The van der Waals surface area contributed by atoms with Crippen LogP contribution in [-0.4, -0.2) is 4.57 Å². The SMILES string of the molecule is c1ccc(-c2ccccc2N(c2ccc(-c3ccc4c(c3)c3ccccc3n4-c3ccccc3)cc2)c2ccc3c(c2)C(c2ccccc2)(c2ccccc2)c2ccccc2-3)cc1. The van der Waals surface area contributed by atoms with Gasteiger partial charge < -0.3 is 9.47 Å². The Hall–Kier alpha value is -8.20. The van der Waals surface area contributed by atoms with Crippen molar-refractivity contribution in [3.05, 3.63) is 277 Å². The number of benzene rings is 10. The maximum Gasteiger partial charge on any atom is 0.0714 e. The maximum absolute atomic E-state index is 2.46. The fourth-order valence-electron chi connectivity index (χ4n) is 10.3. The molecule has 0 amide bonds. The first kappa shape index (κ1) is 36.6. The van der Waals surface area contributed by atoms with Crippen LogP contribution in [0.5, 0.6) is 0 Å². The smallest absolute Gasteiger partial charge is 0.0714 e. The van der Waals surface area contributed by atoms with Gasteiger partial charge in [0.15, 0.2) is 0 Å². The number of nitrogens with zero attached hydrogens (tertiary/aromatic N) is 2. The van der Waals surface area contributed by atoms with E-state index in [-0.39, 0.29) is 0 Å². The van der Waals surface area contributed by atoms with Crippen molar-refractivity contribution < 1.29 is 0 Å². The molecule has 63 heavy (non-hydrogen) atoms. The molecule has 1 aromatic heterocycles. The zero-order valence-electron chi connectivity index (χ0n) is 34.6. The molecule has 0 saturated heterocycles. The van der Waals surface area contributed by atoms with Crippen molar-refractivity contribution in [2.75, 3.05) is 4.90 Å². The summed E-state index contributed by atoms with van der Waals surface area (Å²) in [5.41, 5.74) is 18.7. The van der Waals surface area contributed by atoms with E-state index in [0.29, 0.717) is 0 Å². The topological polar surface area (TPSA) is 8.17 Å². The quantitative estimate of drug-likeness (QED) is 0.149. The highest BCUT2D eigenvalue weighted by molar-refractivity contribution is 6.10. The number of rotatable bonds is 8. The van der Waals surface area contributed by atoms with Crippen molar-refractivity contribution in [3.8, 4) is 39.1 Å². The molecule has 11 aromatic rings. The van der Waals surface area contributed by atoms with E-state index in [1.165, 1.54) is 77.4 Å². The number of anilines is 3. The lowest BCUT2D eigenvalue weighted by molar-refractivity contribution is 0.768. The highest BCUT2D eigenvalue weighted by Gasteiger charge is 2.46. The lowest BCUT2D eigenvalue weighted by Crippen LogP contribution is -2.28. The number of hydrogen-bond donors (Lipinski definition) is 0. The zero-order chi connectivity index (χ0) is 41.7. The molecule has 1 aliphatic rings. The van der Waals surface area contributed by atoms with Crippen molar-refractivity contribution in [3.63, 3.8) is 0 Å². The summed E-state index contributed by atoms with van der Waals surface area (Å²) >= 11 is 0. The van der Waals surface area contributed by atoms with Crippen molar-refractivity contribution in [2.45, 2.75) is 5.41 Å². The molecule has 2 nitrogen and oxygen atoms in total. The molecular weight excluding hydrogens is 761 g/mol. The summed E-state index contributed by atoms with van der Waals surface area (Å²) in [5, 5.41) is 2.49. The van der Waals surface area contributed by atoms with E-state index in [2.05, 4.69) is 264 Å². The fourth-order valence-corrected chi connectivity index (χ4v) is 10.3. The second kappa shape index (κ2) is 15.1. The third-order valence-corrected chi connectivity index (χ3v) is 13.1. The van der Waals surface area contributed by atoms with Gasteiger partial charge in [-0.3, -0.25) is 0 Å². The van der Waals surface area contributed by atoms with Crippen molar-refractivity contribution in [1.82, 2.24) is 4.57 Å². The summed E-state index contributed by atoms with van der Waals surface area (Å²) in [7, 11) is 0. The largest absolute Gasteiger partial charge is 0.310 e. The summed E-state index contributed by atoms with van der Waals surface area (Å²) < 4.78 is 2.37. The van der Waals surface area contributed by atoms with Crippen molar-refractivity contribution >= 4 is 38.9 Å². The summed E-state index contributed by atoms with van der Waals surface area (Å²) in [6, 6.07) is 93.2. The molecular formula is C61H42N2. The maximum atomic E-state index is 2.46. The minimum absolute atomic E-state index is 0.513. The molecule has 2 heteroatoms. The van der Waals surface area contributed by atoms with Crippen LogP contribution in [0.1, 0.15) is 22.3 Å². The average Bonchev–Trinajstić information content (AvgIpc) is 3.86. The molecule has 0 saturated carbocycles. The lowest BCUT2D eigenvalue weighted by atomic mass is 9.67. The van der Waals surface area contributed by atoms with Gasteiger partial charge in [0.25, 0.3) is 0 Å². The van der Waals surface area contributed by atoms with Gasteiger partial charge in [0.1, 0.15) is 0 Å². The predicted octanol–water partition coefficient (Wildman–Crippen LogP) is 16.0. The van der Waals surface area contributed by atoms with Gasteiger partial charge in [0.05, 0.1) is 22.1 Å². The van der Waals surface area contributed by atoms with Crippen LogP contribution in [0.4, 0.5) is 17.1 Å². The Balaban J connectivity index is 1.04. The second-order valence-electron chi connectivity index (χ2n) is 16.4. The zero-order valence-corrected chi connectivity index (χ0v) is 34.6. The third-order valence-electron chi connectivity index (χ3n) is 13.1. The first-order valence-corrected chi connectivity index (χ1v) is 21.8. The molecule has 0 unspecified atom stereocenters. The van der Waals surface area contributed by atoms with Crippen LogP contribution in [0.15, 0.2) is 255 Å². The monoisotopic (exact) mass is 802 g/mol. The first-order chi connectivity index (χ1) is 31.3. The number of aromatic nitrogens is 1. The Morgan fingerprint density at radius 3 is 1.59 bits per heavy atom. The van der Waals surface area contributed by atoms with Crippen molar-refractivity contribution in [1.29, 1.82) is 0 Å². The van der Waals surface area contributed by atoms with E-state index in [0.717, 1.165) is 22.7 Å². The van der Waals surface area contributed by atoms with E-state index in [9.17, 15) is 0 Å². The van der Waals surface area contributed by atoms with Gasteiger partial charge in [-0.25, -0.2) is 0 Å². The highest BCUT2D eigenvalue weighted by atomic mass is 15.1. The van der Waals surface area contributed by atoms with Crippen molar-refractivity contribution in [2.24, 2.45) is 0 Å². The van der Waals surface area contributed by atoms with E-state index in [1.54, 1.807) is 0 Å². The summed E-state index contributed by atoms with van der Waals surface area (Å²) in [6.45, 7) is 0.